The summed E-state index contributed by atoms with van der Waals surface area (Å²) in [6.45, 7) is 0. The van der Waals surface area contributed by atoms with Crippen LogP contribution in [0.25, 0.3) is 0 Å². The summed E-state index contributed by atoms with van der Waals surface area (Å²) in [5.74, 6) is -0.578. The summed E-state index contributed by atoms with van der Waals surface area (Å²) in [7, 11) is 1.42. The fourth-order valence-corrected chi connectivity index (χ4v) is 2.07. The third kappa shape index (κ3) is 3.82. The number of ether oxygens (including phenoxy) is 1. The van der Waals surface area contributed by atoms with Crippen LogP contribution in [-0.4, -0.2) is 13.1 Å². The second kappa shape index (κ2) is 7.29. The standard InChI is InChI=1S/C18H18O2/c1-20-18(19)17(16-12-6-3-7-13-16)14-8-11-15-9-4-2-5-10-15/h2-10,12-14,17H,11H2,1H3/b14-8+. The zero-order chi connectivity index (χ0) is 14.2. The first kappa shape index (κ1) is 14.1. The van der Waals surface area contributed by atoms with Crippen LogP contribution >= 0.6 is 0 Å². The number of rotatable bonds is 5. The topological polar surface area (TPSA) is 26.3 Å². The van der Waals surface area contributed by atoms with Gasteiger partial charge < -0.3 is 4.74 Å². The van der Waals surface area contributed by atoms with Crippen LogP contribution in [0.3, 0.4) is 0 Å². The molecule has 0 N–H and O–H groups in total. The normalized spacial score (nSPS) is 12.2. The van der Waals surface area contributed by atoms with Crippen LogP contribution in [0.4, 0.5) is 0 Å². The van der Waals surface area contributed by atoms with Crippen LogP contribution in [0.1, 0.15) is 17.0 Å². The van der Waals surface area contributed by atoms with E-state index in [2.05, 4.69) is 12.1 Å². The Hall–Kier alpha value is -2.35. The van der Waals surface area contributed by atoms with Gasteiger partial charge in [0.25, 0.3) is 0 Å². The average molecular weight is 266 g/mol. The van der Waals surface area contributed by atoms with Gasteiger partial charge in [-0.1, -0.05) is 72.8 Å². The van der Waals surface area contributed by atoms with E-state index < -0.39 is 0 Å². The number of hydrogen-bond donors (Lipinski definition) is 0. The lowest BCUT2D eigenvalue weighted by molar-refractivity contribution is -0.141. The van der Waals surface area contributed by atoms with E-state index in [9.17, 15) is 4.79 Å². The molecule has 0 fully saturated rings. The van der Waals surface area contributed by atoms with Crippen molar-refractivity contribution >= 4 is 5.97 Å². The molecule has 2 heteroatoms. The van der Waals surface area contributed by atoms with Crippen molar-refractivity contribution in [1.29, 1.82) is 0 Å². The fourth-order valence-electron chi connectivity index (χ4n) is 2.07. The average Bonchev–Trinajstić information content (AvgIpc) is 2.53. The molecule has 2 rings (SSSR count). The number of carbonyl (C=O) groups is 1. The minimum absolute atomic E-state index is 0.236. The van der Waals surface area contributed by atoms with Crippen molar-refractivity contribution in [2.24, 2.45) is 0 Å². The van der Waals surface area contributed by atoms with Gasteiger partial charge in [0.15, 0.2) is 0 Å². The van der Waals surface area contributed by atoms with Gasteiger partial charge in [0.1, 0.15) is 0 Å². The lowest BCUT2D eigenvalue weighted by Crippen LogP contribution is -2.12. The van der Waals surface area contributed by atoms with Gasteiger partial charge in [-0.25, -0.2) is 0 Å². The maximum atomic E-state index is 11.9. The lowest BCUT2D eigenvalue weighted by Gasteiger charge is -2.10. The van der Waals surface area contributed by atoms with Gasteiger partial charge in [0, 0.05) is 0 Å². The summed E-state index contributed by atoms with van der Waals surface area (Å²) in [4.78, 5) is 11.9. The van der Waals surface area contributed by atoms with E-state index >= 15 is 0 Å². The molecule has 2 aromatic carbocycles. The SMILES string of the molecule is COC(=O)C(/C=C/Cc1ccccc1)c1ccccc1. The molecule has 0 radical (unpaired) electrons. The molecule has 0 saturated carbocycles. The summed E-state index contributed by atoms with van der Waals surface area (Å²) in [5.41, 5.74) is 2.17. The first-order valence-corrected chi connectivity index (χ1v) is 6.64. The van der Waals surface area contributed by atoms with Gasteiger partial charge in [-0.3, -0.25) is 4.79 Å². The number of esters is 1. The largest absolute Gasteiger partial charge is 0.468 e. The molecular formula is C18H18O2. The third-order valence-electron chi connectivity index (χ3n) is 3.14. The van der Waals surface area contributed by atoms with Gasteiger partial charge in [-0.2, -0.15) is 0 Å². The van der Waals surface area contributed by atoms with E-state index in [0.717, 1.165) is 12.0 Å². The fraction of sp³-hybridized carbons (Fsp3) is 0.167. The Labute approximate surface area is 119 Å². The van der Waals surface area contributed by atoms with Crippen molar-refractivity contribution in [3.05, 3.63) is 83.9 Å². The molecule has 1 atom stereocenters. The molecule has 0 aliphatic heterocycles. The quantitative estimate of drug-likeness (QED) is 0.608. The maximum absolute atomic E-state index is 11.9. The van der Waals surface area contributed by atoms with Crippen LogP contribution in [0, 0.1) is 0 Å². The smallest absolute Gasteiger partial charge is 0.317 e. The molecular weight excluding hydrogens is 248 g/mol. The third-order valence-corrected chi connectivity index (χ3v) is 3.14. The van der Waals surface area contributed by atoms with Crippen LogP contribution < -0.4 is 0 Å². The maximum Gasteiger partial charge on any atom is 0.317 e. The minimum Gasteiger partial charge on any atom is -0.468 e. The van der Waals surface area contributed by atoms with Gasteiger partial charge in [-0.15, -0.1) is 0 Å². The Morgan fingerprint density at radius 1 is 1.05 bits per heavy atom. The van der Waals surface area contributed by atoms with E-state index in [-0.39, 0.29) is 11.9 Å². The second-order valence-electron chi connectivity index (χ2n) is 4.53. The molecule has 2 nitrogen and oxygen atoms in total. The van der Waals surface area contributed by atoms with Gasteiger partial charge in [-0.05, 0) is 17.5 Å². The number of allylic oxidation sites excluding steroid dienone is 1. The molecule has 0 aliphatic carbocycles. The van der Waals surface area contributed by atoms with Gasteiger partial charge >= 0.3 is 5.97 Å². The number of hydrogen-bond acceptors (Lipinski definition) is 2. The Bertz CT molecular complexity index is 558. The van der Waals surface area contributed by atoms with E-state index in [1.807, 2.05) is 60.7 Å². The molecule has 0 aromatic heterocycles. The van der Waals surface area contributed by atoms with E-state index in [1.165, 1.54) is 12.7 Å². The highest BCUT2D eigenvalue weighted by atomic mass is 16.5. The Morgan fingerprint density at radius 3 is 2.25 bits per heavy atom. The van der Waals surface area contributed by atoms with Gasteiger partial charge in [0.05, 0.1) is 13.0 Å². The van der Waals surface area contributed by atoms with Crippen molar-refractivity contribution < 1.29 is 9.53 Å². The molecule has 0 bridgehead atoms. The van der Waals surface area contributed by atoms with Crippen molar-refractivity contribution in [3.8, 4) is 0 Å². The van der Waals surface area contributed by atoms with Crippen molar-refractivity contribution in [2.75, 3.05) is 7.11 Å². The van der Waals surface area contributed by atoms with E-state index in [0.29, 0.717) is 0 Å². The van der Waals surface area contributed by atoms with Crippen LogP contribution in [0.5, 0.6) is 0 Å². The Morgan fingerprint density at radius 2 is 1.65 bits per heavy atom. The lowest BCUT2D eigenvalue weighted by atomic mass is 9.98. The van der Waals surface area contributed by atoms with E-state index in [1.54, 1.807) is 0 Å². The molecule has 102 valence electrons. The molecule has 0 heterocycles. The molecule has 20 heavy (non-hydrogen) atoms. The summed E-state index contributed by atoms with van der Waals surface area (Å²) in [6.07, 6.45) is 4.74. The van der Waals surface area contributed by atoms with Crippen molar-refractivity contribution in [3.63, 3.8) is 0 Å². The number of benzene rings is 2. The highest BCUT2D eigenvalue weighted by Gasteiger charge is 2.17. The number of methoxy groups -OCH3 is 1. The van der Waals surface area contributed by atoms with Crippen molar-refractivity contribution in [2.45, 2.75) is 12.3 Å². The summed E-state index contributed by atoms with van der Waals surface area (Å²) in [5, 5.41) is 0. The Kier molecular flexibility index (Phi) is 5.13. The zero-order valence-corrected chi connectivity index (χ0v) is 11.5. The van der Waals surface area contributed by atoms with Gasteiger partial charge in [0.2, 0.25) is 0 Å². The van der Waals surface area contributed by atoms with Crippen LogP contribution in [-0.2, 0) is 16.0 Å². The first-order valence-electron chi connectivity index (χ1n) is 6.64. The first-order chi connectivity index (χ1) is 9.81. The molecule has 0 amide bonds. The molecule has 0 spiro atoms. The van der Waals surface area contributed by atoms with Crippen LogP contribution in [0.2, 0.25) is 0 Å². The molecule has 0 saturated heterocycles. The molecule has 2 aromatic rings. The predicted octanol–water partition coefficient (Wildman–Crippen LogP) is 3.74. The number of carbonyl (C=O) groups excluding carboxylic acids is 1. The highest BCUT2D eigenvalue weighted by Crippen LogP contribution is 2.19. The van der Waals surface area contributed by atoms with Crippen LogP contribution in [0.15, 0.2) is 72.8 Å². The second-order valence-corrected chi connectivity index (χ2v) is 4.53. The Balaban J connectivity index is 2.11. The predicted molar refractivity (Wildman–Crippen MR) is 80.5 cm³/mol. The summed E-state index contributed by atoms with van der Waals surface area (Å²) < 4.78 is 4.88. The van der Waals surface area contributed by atoms with E-state index in [4.69, 9.17) is 4.74 Å². The highest BCUT2D eigenvalue weighted by molar-refractivity contribution is 5.80. The zero-order valence-electron chi connectivity index (χ0n) is 11.5. The monoisotopic (exact) mass is 266 g/mol. The summed E-state index contributed by atoms with van der Waals surface area (Å²) >= 11 is 0. The van der Waals surface area contributed by atoms with Crippen molar-refractivity contribution in [1.82, 2.24) is 0 Å². The summed E-state index contributed by atoms with van der Waals surface area (Å²) in [6, 6.07) is 19.8. The molecule has 0 aliphatic rings. The molecule has 1 unspecified atom stereocenters. The minimum atomic E-state index is -0.343.